The van der Waals surface area contributed by atoms with Crippen LogP contribution in [0.4, 0.5) is 18.0 Å². The fourth-order valence-electron chi connectivity index (χ4n) is 1.79. The number of carbonyl (C=O) groups is 1. The smallest absolute Gasteiger partial charge is 0.401 e. The number of nitrogens with zero attached hydrogens (tertiary/aromatic N) is 1. The van der Waals surface area contributed by atoms with Gasteiger partial charge in [-0.2, -0.15) is 13.2 Å². The summed E-state index contributed by atoms with van der Waals surface area (Å²) in [5.74, 6) is 0.634. The normalized spacial score (nSPS) is 13.2. The number of hydrogen-bond donors (Lipinski definition) is 2. The summed E-state index contributed by atoms with van der Waals surface area (Å²) in [6.07, 6.45) is -2.24. The molecule has 0 aliphatic rings. The maximum absolute atomic E-state index is 12.1. The molecule has 2 amide bonds. The van der Waals surface area contributed by atoms with Crippen molar-refractivity contribution >= 4 is 6.03 Å². The Kier molecular flexibility index (Phi) is 6.54. The molecule has 1 heterocycles. The molecule has 0 aliphatic heterocycles. The first-order valence-electron chi connectivity index (χ1n) is 6.61. The molecular formula is C13H20F3N3O2. The molecule has 5 nitrogen and oxygen atoms in total. The van der Waals surface area contributed by atoms with E-state index in [0.29, 0.717) is 18.7 Å². The second kappa shape index (κ2) is 7.92. The second-order valence-corrected chi connectivity index (χ2v) is 4.84. The van der Waals surface area contributed by atoms with Gasteiger partial charge in [-0.3, -0.25) is 4.90 Å². The van der Waals surface area contributed by atoms with Crippen LogP contribution >= 0.6 is 0 Å². The molecule has 1 atom stereocenters. The molecule has 0 aromatic carbocycles. The van der Waals surface area contributed by atoms with E-state index in [4.69, 9.17) is 4.42 Å². The van der Waals surface area contributed by atoms with Gasteiger partial charge in [0.2, 0.25) is 0 Å². The minimum Gasteiger partial charge on any atom is -0.467 e. The van der Waals surface area contributed by atoms with E-state index in [0.717, 1.165) is 0 Å². The third-order valence-electron chi connectivity index (χ3n) is 2.77. The molecule has 0 fully saturated rings. The molecular weight excluding hydrogens is 287 g/mol. The van der Waals surface area contributed by atoms with Crippen molar-refractivity contribution < 1.29 is 22.4 Å². The van der Waals surface area contributed by atoms with Crippen LogP contribution in [0, 0.1) is 0 Å². The summed E-state index contributed by atoms with van der Waals surface area (Å²) >= 11 is 0. The maximum atomic E-state index is 12.1. The number of halogens is 3. The highest BCUT2D eigenvalue weighted by Crippen LogP contribution is 2.15. The number of nitrogens with one attached hydrogen (secondary N) is 2. The first kappa shape index (κ1) is 17.4. The number of rotatable bonds is 7. The van der Waals surface area contributed by atoms with E-state index < -0.39 is 12.7 Å². The van der Waals surface area contributed by atoms with Crippen LogP contribution in [0.5, 0.6) is 0 Å². The largest absolute Gasteiger partial charge is 0.467 e. The van der Waals surface area contributed by atoms with Crippen LogP contribution in [0.1, 0.15) is 25.1 Å². The fraction of sp³-hybridized carbons (Fsp3) is 0.615. The second-order valence-electron chi connectivity index (χ2n) is 4.84. The molecule has 0 spiro atoms. The van der Waals surface area contributed by atoms with Crippen molar-refractivity contribution in [3.8, 4) is 0 Å². The lowest BCUT2D eigenvalue weighted by molar-refractivity contribution is -0.143. The number of urea groups is 1. The molecule has 21 heavy (non-hydrogen) atoms. The zero-order valence-corrected chi connectivity index (χ0v) is 12.0. The van der Waals surface area contributed by atoms with Crippen LogP contribution in [0.2, 0.25) is 0 Å². The average molecular weight is 307 g/mol. The van der Waals surface area contributed by atoms with Crippen molar-refractivity contribution in [3.05, 3.63) is 24.2 Å². The maximum Gasteiger partial charge on any atom is 0.401 e. The number of carbonyl (C=O) groups excluding carboxylic acids is 1. The number of furan rings is 1. The molecule has 0 bridgehead atoms. The predicted octanol–water partition coefficient (Wildman–Crippen LogP) is 2.52. The molecule has 2 N–H and O–H groups in total. The molecule has 8 heteroatoms. The highest BCUT2D eigenvalue weighted by atomic mass is 19.4. The van der Waals surface area contributed by atoms with E-state index in [-0.39, 0.29) is 18.6 Å². The van der Waals surface area contributed by atoms with Crippen molar-refractivity contribution in [2.45, 2.75) is 25.6 Å². The molecule has 1 rings (SSSR count). The fourth-order valence-corrected chi connectivity index (χ4v) is 1.79. The summed E-state index contributed by atoms with van der Waals surface area (Å²) in [7, 11) is 1.40. The number of alkyl halides is 3. The molecule has 120 valence electrons. The van der Waals surface area contributed by atoms with Crippen molar-refractivity contribution in [3.63, 3.8) is 0 Å². The summed E-state index contributed by atoms with van der Waals surface area (Å²) in [5.41, 5.74) is 0. The summed E-state index contributed by atoms with van der Waals surface area (Å²) in [6.45, 7) is 1.39. The first-order chi connectivity index (χ1) is 9.78. The van der Waals surface area contributed by atoms with Gasteiger partial charge in [0.15, 0.2) is 0 Å². The SMILES string of the molecule is CC(NC(=O)NCCCN(C)CC(F)(F)F)c1ccco1. The summed E-state index contributed by atoms with van der Waals surface area (Å²) in [4.78, 5) is 12.7. The van der Waals surface area contributed by atoms with Gasteiger partial charge in [-0.05, 0) is 39.1 Å². The first-order valence-corrected chi connectivity index (χ1v) is 6.61. The van der Waals surface area contributed by atoms with E-state index in [1.54, 1.807) is 19.1 Å². The summed E-state index contributed by atoms with van der Waals surface area (Å²) in [5, 5.41) is 5.27. The Bertz CT molecular complexity index is 421. The standard InChI is InChI=1S/C13H20F3N3O2/c1-10(11-5-3-8-21-11)18-12(20)17-6-4-7-19(2)9-13(14,15)16/h3,5,8,10H,4,6-7,9H2,1-2H3,(H2,17,18,20). The summed E-state index contributed by atoms with van der Waals surface area (Å²) in [6, 6.07) is 2.82. The predicted molar refractivity (Wildman–Crippen MR) is 71.8 cm³/mol. The van der Waals surface area contributed by atoms with Gasteiger partial charge in [-0.15, -0.1) is 0 Å². The van der Waals surface area contributed by atoms with Crippen LogP contribution in [-0.4, -0.2) is 43.8 Å². The van der Waals surface area contributed by atoms with Gasteiger partial charge in [-0.1, -0.05) is 0 Å². The highest BCUT2D eigenvalue weighted by Gasteiger charge is 2.28. The number of amides is 2. The Balaban J connectivity index is 2.14. The topological polar surface area (TPSA) is 57.5 Å². The van der Waals surface area contributed by atoms with Crippen LogP contribution in [0.25, 0.3) is 0 Å². The Morgan fingerprint density at radius 2 is 2.19 bits per heavy atom. The van der Waals surface area contributed by atoms with Gasteiger partial charge in [0.05, 0.1) is 18.8 Å². The molecule has 1 unspecified atom stereocenters. The van der Waals surface area contributed by atoms with Gasteiger partial charge in [0.1, 0.15) is 5.76 Å². The van der Waals surface area contributed by atoms with Crippen molar-refractivity contribution in [2.75, 3.05) is 26.7 Å². The third kappa shape index (κ3) is 7.60. The third-order valence-corrected chi connectivity index (χ3v) is 2.77. The van der Waals surface area contributed by atoms with Crippen molar-refractivity contribution in [1.29, 1.82) is 0 Å². The Labute approximate surface area is 121 Å². The van der Waals surface area contributed by atoms with Crippen LogP contribution in [0.15, 0.2) is 22.8 Å². The van der Waals surface area contributed by atoms with E-state index in [9.17, 15) is 18.0 Å². The van der Waals surface area contributed by atoms with Crippen LogP contribution in [0.3, 0.4) is 0 Å². The minimum absolute atomic E-state index is 0.257. The highest BCUT2D eigenvalue weighted by molar-refractivity contribution is 5.74. The van der Waals surface area contributed by atoms with Gasteiger partial charge < -0.3 is 15.1 Å². The van der Waals surface area contributed by atoms with Gasteiger partial charge in [0.25, 0.3) is 0 Å². The van der Waals surface area contributed by atoms with Crippen molar-refractivity contribution in [2.24, 2.45) is 0 Å². The Morgan fingerprint density at radius 3 is 2.76 bits per heavy atom. The Hall–Kier alpha value is -1.70. The quantitative estimate of drug-likeness (QED) is 0.761. The zero-order valence-electron chi connectivity index (χ0n) is 12.0. The molecule has 0 radical (unpaired) electrons. The van der Waals surface area contributed by atoms with E-state index in [2.05, 4.69) is 10.6 Å². The average Bonchev–Trinajstić information content (AvgIpc) is 2.86. The van der Waals surface area contributed by atoms with Gasteiger partial charge in [-0.25, -0.2) is 4.79 Å². The molecule has 0 saturated carbocycles. The van der Waals surface area contributed by atoms with Crippen LogP contribution in [-0.2, 0) is 0 Å². The molecule has 0 aliphatic carbocycles. The van der Waals surface area contributed by atoms with Crippen molar-refractivity contribution in [1.82, 2.24) is 15.5 Å². The lowest BCUT2D eigenvalue weighted by Gasteiger charge is -2.18. The molecule has 1 aromatic heterocycles. The van der Waals surface area contributed by atoms with E-state index in [1.807, 2.05) is 0 Å². The molecule has 1 aromatic rings. The van der Waals surface area contributed by atoms with E-state index in [1.165, 1.54) is 18.2 Å². The Morgan fingerprint density at radius 1 is 1.48 bits per heavy atom. The lowest BCUT2D eigenvalue weighted by Crippen LogP contribution is -2.39. The number of hydrogen-bond acceptors (Lipinski definition) is 3. The van der Waals surface area contributed by atoms with Gasteiger partial charge in [0, 0.05) is 6.54 Å². The van der Waals surface area contributed by atoms with E-state index >= 15 is 0 Å². The summed E-state index contributed by atoms with van der Waals surface area (Å²) < 4.78 is 41.4. The monoisotopic (exact) mass is 307 g/mol. The van der Waals surface area contributed by atoms with Crippen LogP contribution < -0.4 is 10.6 Å². The zero-order chi connectivity index (χ0) is 15.9. The minimum atomic E-state index is -4.20. The van der Waals surface area contributed by atoms with Gasteiger partial charge >= 0.3 is 12.2 Å². The molecule has 0 saturated heterocycles. The lowest BCUT2D eigenvalue weighted by atomic mass is 10.2.